The van der Waals surface area contributed by atoms with Gasteiger partial charge in [-0.2, -0.15) is 0 Å². The number of rotatable bonds is 11. The maximum Gasteiger partial charge on any atom is 0.332 e. The van der Waals surface area contributed by atoms with Crippen LogP contribution in [0.15, 0.2) is 69.1 Å². The van der Waals surface area contributed by atoms with Crippen molar-refractivity contribution in [3.05, 3.63) is 81.0 Å². The summed E-state index contributed by atoms with van der Waals surface area (Å²) in [5.74, 6) is 0.0373. The van der Waals surface area contributed by atoms with E-state index in [4.69, 9.17) is 14.2 Å². The quantitative estimate of drug-likeness (QED) is 0.158. The molecule has 0 aliphatic rings. The van der Waals surface area contributed by atoms with E-state index in [1.807, 2.05) is 54.8 Å². The molecular formula is C27H28N2O6S2. The number of ether oxygens (including phenoxy) is 3. The van der Waals surface area contributed by atoms with E-state index < -0.39 is 23.8 Å². The molecule has 0 N–H and O–H groups in total. The van der Waals surface area contributed by atoms with E-state index >= 15 is 0 Å². The maximum atomic E-state index is 13.5. The van der Waals surface area contributed by atoms with Gasteiger partial charge in [0.1, 0.15) is 17.1 Å². The Morgan fingerprint density at radius 3 is 2.51 bits per heavy atom. The van der Waals surface area contributed by atoms with Crippen LogP contribution in [0.5, 0.6) is 5.75 Å². The molecule has 0 amide bonds. The Bertz CT molecular complexity index is 1500. The normalized spacial score (nSPS) is 11.1. The summed E-state index contributed by atoms with van der Waals surface area (Å²) in [5.41, 5.74) is 0.968. The SMILES string of the molecule is CCOC(=O)Cn1c(=O)c2cc(-c3ccc(OCOC)cc3)sc2n(CCc2ccccc2SC)c1=O. The molecule has 37 heavy (non-hydrogen) atoms. The minimum atomic E-state index is -0.623. The lowest BCUT2D eigenvalue weighted by Gasteiger charge is -2.13. The second-order valence-electron chi connectivity index (χ2n) is 8.10. The average molecular weight is 541 g/mol. The van der Waals surface area contributed by atoms with Crippen LogP contribution in [0.4, 0.5) is 0 Å². The summed E-state index contributed by atoms with van der Waals surface area (Å²) in [7, 11) is 1.56. The number of esters is 1. The number of carbonyl (C=O) groups excluding carboxylic acids is 1. The maximum absolute atomic E-state index is 13.5. The first-order valence-corrected chi connectivity index (χ1v) is 13.8. The fourth-order valence-electron chi connectivity index (χ4n) is 4.00. The van der Waals surface area contributed by atoms with Crippen LogP contribution < -0.4 is 16.0 Å². The summed E-state index contributed by atoms with van der Waals surface area (Å²) in [4.78, 5) is 41.6. The van der Waals surface area contributed by atoms with Crippen molar-refractivity contribution in [2.45, 2.75) is 31.3 Å². The van der Waals surface area contributed by atoms with Gasteiger partial charge in [0.15, 0.2) is 6.79 Å². The van der Waals surface area contributed by atoms with Crippen LogP contribution >= 0.6 is 23.1 Å². The molecule has 4 rings (SSSR count). The van der Waals surface area contributed by atoms with Gasteiger partial charge in [0.05, 0.1) is 12.0 Å². The van der Waals surface area contributed by atoms with Gasteiger partial charge in [-0.15, -0.1) is 23.1 Å². The van der Waals surface area contributed by atoms with Gasteiger partial charge in [0.25, 0.3) is 5.56 Å². The molecule has 0 saturated carbocycles. The van der Waals surface area contributed by atoms with Crippen molar-refractivity contribution in [3.63, 3.8) is 0 Å². The first kappa shape index (κ1) is 26.7. The molecule has 2 aromatic carbocycles. The van der Waals surface area contributed by atoms with Crippen LogP contribution in [0, 0.1) is 0 Å². The summed E-state index contributed by atoms with van der Waals surface area (Å²) in [6, 6.07) is 17.2. The summed E-state index contributed by atoms with van der Waals surface area (Å²) >= 11 is 3.02. The zero-order chi connectivity index (χ0) is 26.4. The highest BCUT2D eigenvalue weighted by Crippen LogP contribution is 2.33. The average Bonchev–Trinajstić information content (AvgIpc) is 3.36. The molecule has 0 aliphatic heterocycles. The first-order chi connectivity index (χ1) is 18.0. The molecule has 0 saturated heterocycles. The number of hydrogen-bond acceptors (Lipinski definition) is 8. The van der Waals surface area contributed by atoms with E-state index in [0.717, 1.165) is 25.5 Å². The molecule has 0 atom stereocenters. The summed E-state index contributed by atoms with van der Waals surface area (Å²) < 4.78 is 18.0. The van der Waals surface area contributed by atoms with Crippen molar-refractivity contribution in [1.82, 2.24) is 9.13 Å². The van der Waals surface area contributed by atoms with Crippen LogP contribution in [-0.2, 0) is 33.8 Å². The Labute approximate surface area is 222 Å². The molecule has 4 aromatic rings. The van der Waals surface area contributed by atoms with Crippen molar-refractivity contribution < 1.29 is 19.0 Å². The minimum Gasteiger partial charge on any atom is -0.468 e. The number of hydrogen-bond donors (Lipinski definition) is 0. The predicted molar refractivity (Wildman–Crippen MR) is 147 cm³/mol. The zero-order valence-corrected chi connectivity index (χ0v) is 22.5. The van der Waals surface area contributed by atoms with Crippen LogP contribution in [0.2, 0.25) is 0 Å². The number of carbonyl (C=O) groups is 1. The number of aryl methyl sites for hydroxylation is 2. The lowest BCUT2D eigenvalue weighted by molar-refractivity contribution is -0.143. The Hall–Kier alpha value is -3.34. The van der Waals surface area contributed by atoms with Gasteiger partial charge in [-0.05, 0) is 67.1 Å². The summed E-state index contributed by atoms with van der Waals surface area (Å²) in [6.45, 7) is 1.93. The number of aromatic nitrogens is 2. The molecule has 0 radical (unpaired) electrons. The number of nitrogens with zero attached hydrogens (tertiary/aromatic N) is 2. The van der Waals surface area contributed by atoms with E-state index in [2.05, 4.69) is 0 Å². The smallest absolute Gasteiger partial charge is 0.332 e. The fraction of sp³-hybridized carbons (Fsp3) is 0.296. The van der Waals surface area contributed by atoms with Gasteiger partial charge in [-0.1, -0.05) is 18.2 Å². The number of thiophene rings is 1. The van der Waals surface area contributed by atoms with Crippen LogP contribution in [0.3, 0.4) is 0 Å². The molecule has 0 bridgehead atoms. The molecule has 8 nitrogen and oxygen atoms in total. The Balaban J connectivity index is 1.79. The van der Waals surface area contributed by atoms with Crippen molar-refractivity contribution >= 4 is 39.3 Å². The van der Waals surface area contributed by atoms with Gasteiger partial charge >= 0.3 is 11.7 Å². The molecular weight excluding hydrogens is 512 g/mol. The monoisotopic (exact) mass is 540 g/mol. The van der Waals surface area contributed by atoms with E-state index in [1.54, 1.807) is 36.4 Å². The molecule has 0 fully saturated rings. The van der Waals surface area contributed by atoms with Crippen LogP contribution in [-0.4, -0.2) is 41.9 Å². The highest BCUT2D eigenvalue weighted by atomic mass is 32.2. The van der Waals surface area contributed by atoms with Gasteiger partial charge in [0, 0.05) is 23.4 Å². The van der Waals surface area contributed by atoms with Crippen molar-refractivity contribution in [2.75, 3.05) is 26.8 Å². The van der Waals surface area contributed by atoms with E-state index in [9.17, 15) is 14.4 Å². The topological polar surface area (TPSA) is 88.8 Å². The van der Waals surface area contributed by atoms with Gasteiger partial charge in [0.2, 0.25) is 0 Å². The lowest BCUT2D eigenvalue weighted by Crippen LogP contribution is -2.41. The molecule has 194 valence electrons. The summed E-state index contributed by atoms with van der Waals surface area (Å²) in [5, 5.41) is 0.391. The van der Waals surface area contributed by atoms with Crippen LogP contribution in [0.1, 0.15) is 12.5 Å². The van der Waals surface area contributed by atoms with Crippen molar-refractivity contribution in [3.8, 4) is 16.2 Å². The van der Waals surface area contributed by atoms with E-state index in [1.165, 1.54) is 11.3 Å². The highest BCUT2D eigenvalue weighted by molar-refractivity contribution is 7.98. The third-order valence-corrected chi connectivity index (χ3v) is 7.81. The van der Waals surface area contributed by atoms with Gasteiger partial charge in [-0.25, -0.2) is 9.36 Å². The molecule has 0 spiro atoms. The van der Waals surface area contributed by atoms with E-state index in [0.29, 0.717) is 28.9 Å². The molecule has 0 aliphatic carbocycles. The number of thioether (sulfide) groups is 1. The minimum absolute atomic E-state index is 0.147. The van der Waals surface area contributed by atoms with E-state index in [-0.39, 0.29) is 13.4 Å². The number of methoxy groups -OCH3 is 1. The molecule has 2 heterocycles. The third kappa shape index (κ3) is 5.98. The van der Waals surface area contributed by atoms with Crippen LogP contribution in [0.25, 0.3) is 20.7 Å². The first-order valence-electron chi connectivity index (χ1n) is 11.7. The molecule has 2 aromatic heterocycles. The highest BCUT2D eigenvalue weighted by Gasteiger charge is 2.19. The number of benzene rings is 2. The fourth-order valence-corrected chi connectivity index (χ4v) is 5.82. The summed E-state index contributed by atoms with van der Waals surface area (Å²) in [6.07, 6.45) is 2.61. The predicted octanol–water partition coefficient (Wildman–Crippen LogP) is 4.40. The lowest BCUT2D eigenvalue weighted by atomic mass is 10.1. The Morgan fingerprint density at radius 1 is 1.05 bits per heavy atom. The molecule has 10 heteroatoms. The van der Waals surface area contributed by atoms with Gasteiger partial charge in [-0.3, -0.25) is 14.2 Å². The standard InChI is InChI=1S/C27H28N2O6S2/c1-4-34-24(30)16-29-25(31)21-15-23(19-9-11-20(12-10-19)35-17-33-2)37-26(21)28(27(29)32)14-13-18-7-5-6-8-22(18)36-3/h5-12,15H,4,13-14,16-17H2,1-3H3. The Morgan fingerprint density at radius 2 is 1.81 bits per heavy atom. The second-order valence-corrected chi connectivity index (χ2v) is 9.98. The Kier molecular flexibility index (Phi) is 8.86. The number of fused-ring (bicyclic) bond motifs is 1. The van der Waals surface area contributed by atoms with Crippen molar-refractivity contribution in [1.29, 1.82) is 0 Å². The second kappa shape index (κ2) is 12.3. The third-order valence-electron chi connectivity index (χ3n) is 5.77. The zero-order valence-electron chi connectivity index (χ0n) is 20.9. The van der Waals surface area contributed by atoms with Crippen molar-refractivity contribution in [2.24, 2.45) is 0 Å². The molecule has 0 unspecified atom stereocenters. The van der Waals surface area contributed by atoms with Gasteiger partial charge < -0.3 is 14.2 Å². The largest absolute Gasteiger partial charge is 0.468 e.